The van der Waals surface area contributed by atoms with Gasteiger partial charge >= 0.3 is 6.03 Å². The Labute approximate surface area is 151 Å². The molecule has 1 unspecified atom stereocenters. The molecule has 4 rings (SSSR count). The molecule has 3 aromatic rings. The van der Waals surface area contributed by atoms with Crippen LogP contribution in [-0.4, -0.2) is 27.6 Å². The van der Waals surface area contributed by atoms with Gasteiger partial charge in [0.2, 0.25) is 0 Å². The molecule has 1 aliphatic heterocycles. The minimum absolute atomic E-state index is 0.0568. The van der Waals surface area contributed by atoms with Crippen LogP contribution in [0.4, 0.5) is 10.5 Å². The fourth-order valence-corrected chi connectivity index (χ4v) is 3.33. The number of aromatic nitrogens is 2. The van der Waals surface area contributed by atoms with E-state index in [0.717, 1.165) is 36.3 Å². The maximum Gasteiger partial charge on any atom is 0.322 e. The zero-order valence-electron chi connectivity index (χ0n) is 14.5. The molecule has 1 N–H and O–H groups in total. The molecule has 1 aliphatic rings. The molecule has 134 valence electrons. The van der Waals surface area contributed by atoms with Gasteiger partial charge in [-0.1, -0.05) is 17.3 Å². The molecule has 26 heavy (non-hydrogen) atoms. The largest absolute Gasteiger partial charge is 0.444 e. The summed E-state index contributed by atoms with van der Waals surface area (Å²) >= 11 is 0. The second-order valence-corrected chi connectivity index (χ2v) is 6.44. The van der Waals surface area contributed by atoms with Gasteiger partial charge in [0.15, 0.2) is 12.2 Å². The first-order valence-electron chi connectivity index (χ1n) is 8.70. The highest BCUT2D eigenvalue weighted by Crippen LogP contribution is 2.31. The van der Waals surface area contributed by atoms with Crippen molar-refractivity contribution in [2.45, 2.75) is 32.2 Å². The Morgan fingerprint density at radius 2 is 2.23 bits per heavy atom. The third-order valence-electron chi connectivity index (χ3n) is 4.58. The number of rotatable bonds is 3. The van der Waals surface area contributed by atoms with Crippen molar-refractivity contribution in [1.82, 2.24) is 15.0 Å². The molecule has 1 fully saturated rings. The van der Waals surface area contributed by atoms with Gasteiger partial charge in [-0.2, -0.15) is 0 Å². The van der Waals surface area contributed by atoms with Crippen molar-refractivity contribution in [2.24, 2.45) is 0 Å². The fourth-order valence-electron chi connectivity index (χ4n) is 3.33. The second kappa shape index (κ2) is 7.03. The van der Waals surface area contributed by atoms with Gasteiger partial charge in [-0.15, -0.1) is 0 Å². The Kier molecular flexibility index (Phi) is 4.43. The van der Waals surface area contributed by atoms with E-state index in [-0.39, 0.29) is 12.1 Å². The van der Waals surface area contributed by atoms with Crippen molar-refractivity contribution in [2.75, 3.05) is 11.9 Å². The number of urea groups is 1. The quantitative estimate of drug-likeness (QED) is 0.755. The van der Waals surface area contributed by atoms with Gasteiger partial charge < -0.3 is 19.2 Å². The first kappa shape index (κ1) is 16.4. The van der Waals surface area contributed by atoms with Gasteiger partial charge in [-0.3, -0.25) is 0 Å². The van der Waals surface area contributed by atoms with E-state index in [1.54, 1.807) is 6.20 Å². The second-order valence-electron chi connectivity index (χ2n) is 6.44. The molecule has 0 saturated carbocycles. The molecule has 0 spiro atoms. The first-order valence-corrected chi connectivity index (χ1v) is 8.70. The van der Waals surface area contributed by atoms with Crippen LogP contribution < -0.4 is 5.32 Å². The topological polar surface area (TPSA) is 84.4 Å². The number of likely N-dealkylation sites (tertiary alicyclic amines) is 1. The normalized spacial score (nSPS) is 17.3. The number of nitrogens with zero attached hydrogens (tertiary/aromatic N) is 3. The van der Waals surface area contributed by atoms with Crippen LogP contribution in [0.1, 0.15) is 36.8 Å². The summed E-state index contributed by atoms with van der Waals surface area (Å²) in [7, 11) is 0. The zero-order chi connectivity index (χ0) is 17.9. The highest BCUT2D eigenvalue weighted by atomic mass is 16.5. The molecule has 0 aliphatic carbocycles. The third kappa shape index (κ3) is 3.33. The number of amides is 2. The minimum atomic E-state index is -0.134. The number of aryl methyl sites for hydroxylation is 1. The summed E-state index contributed by atoms with van der Waals surface area (Å²) in [5, 5.41) is 7.10. The number of carbonyl (C=O) groups is 1. The molecule has 7 nitrogen and oxygen atoms in total. The van der Waals surface area contributed by atoms with Gasteiger partial charge in [0, 0.05) is 23.9 Å². The first-order chi connectivity index (χ1) is 12.7. The summed E-state index contributed by atoms with van der Waals surface area (Å²) in [6.45, 7) is 2.56. The highest BCUT2D eigenvalue weighted by Gasteiger charge is 2.30. The summed E-state index contributed by atoms with van der Waals surface area (Å²) < 4.78 is 10.5. The molecular formula is C19H20N4O3. The summed E-state index contributed by atoms with van der Waals surface area (Å²) in [5.74, 6) is 1.42. The smallest absolute Gasteiger partial charge is 0.322 e. The maximum absolute atomic E-state index is 12.9. The molecule has 2 aromatic heterocycles. The molecule has 0 bridgehead atoms. The summed E-state index contributed by atoms with van der Waals surface area (Å²) in [5.41, 5.74) is 2.39. The van der Waals surface area contributed by atoms with Crippen LogP contribution in [0.3, 0.4) is 0 Å². The molecule has 2 amide bonds. The van der Waals surface area contributed by atoms with Crippen molar-refractivity contribution >= 4 is 11.7 Å². The minimum Gasteiger partial charge on any atom is -0.444 e. The van der Waals surface area contributed by atoms with Crippen LogP contribution in [0.2, 0.25) is 0 Å². The van der Waals surface area contributed by atoms with E-state index >= 15 is 0 Å². The molecule has 7 heteroatoms. The van der Waals surface area contributed by atoms with Gasteiger partial charge in [0.05, 0.1) is 12.2 Å². The van der Waals surface area contributed by atoms with E-state index in [1.807, 2.05) is 42.2 Å². The van der Waals surface area contributed by atoms with Crippen LogP contribution in [0, 0.1) is 6.92 Å². The van der Waals surface area contributed by atoms with E-state index in [9.17, 15) is 4.79 Å². The molecule has 0 radical (unpaired) electrons. The van der Waals surface area contributed by atoms with Crippen molar-refractivity contribution in [1.29, 1.82) is 0 Å². The third-order valence-corrected chi connectivity index (χ3v) is 4.58. The number of carbonyl (C=O) groups excluding carboxylic acids is 1. The summed E-state index contributed by atoms with van der Waals surface area (Å²) in [4.78, 5) is 18.6. The van der Waals surface area contributed by atoms with Gasteiger partial charge in [-0.25, -0.2) is 9.78 Å². The average Bonchev–Trinajstić information content (AvgIpc) is 3.34. The van der Waals surface area contributed by atoms with Crippen LogP contribution >= 0.6 is 0 Å². The fraction of sp³-hybridized carbons (Fsp3) is 0.316. The van der Waals surface area contributed by atoms with Gasteiger partial charge in [0.25, 0.3) is 0 Å². The number of hydrogen-bond donors (Lipinski definition) is 1. The number of piperidine rings is 1. The number of oxazole rings is 1. The Morgan fingerprint density at radius 1 is 1.31 bits per heavy atom. The average molecular weight is 352 g/mol. The van der Waals surface area contributed by atoms with Crippen LogP contribution in [0.5, 0.6) is 0 Å². The van der Waals surface area contributed by atoms with E-state index in [0.29, 0.717) is 18.0 Å². The van der Waals surface area contributed by atoms with Crippen LogP contribution in [-0.2, 0) is 0 Å². The Morgan fingerprint density at radius 3 is 3.00 bits per heavy atom. The lowest BCUT2D eigenvalue weighted by molar-refractivity contribution is 0.159. The molecule has 1 atom stereocenters. The predicted octanol–water partition coefficient (Wildman–Crippen LogP) is 4.40. The molecule has 1 aromatic carbocycles. The van der Waals surface area contributed by atoms with Crippen LogP contribution in [0.25, 0.3) is 11.3 Å². The summed E-state index contributed by atoms with van der Waals surface area (Å²) in [6.07, 6.45) is 5.98. The van der Waals surface area contributed by atoms with E-state index in [2.05, 4.69) is 15.5 Å². The van der Waals surface area contributed by atoms with Crippen LogP contribution in [0.15, 0.2) is 51.9 Å². The Hall–Kier alpha value is -3.09. The van der Waals surface area contributed by atoms with Crippen molar-refractivity contribution in [3.05, 3.63) is 54.4 Å². The molecule has 1 saturated heterocycles. The van der Waals surface area contributed by atoms with E-state index in [1.165, 1.54) is 6.39 Å². The molecular weight excluding hydrogens is 332 g/mol. The zero-order valence-corrected chi connectivity index (χ0v) is 14.5. The summed E-state index contributed by atoms with van der Waals surface area (Å²) in [6, 6.07) is 9.24. The number of anilines is 1. The lowest BCUT2D eigenvalue weighted by atomic mass is 9.99. The number of benzene rings is 1. The van der Waals surface area contributed by atoms with E-state index < -0.39 is 0 Å². The van der Waals surface area contributed by atoms with Crippen molar-refractivity contribution < 1.29 is 13.7 Å². The number of nitrogens with one attached hydrogen (secondary N) is 1. The highest BCUT2D eigenvalue weighted by molar-refractivity contribution is 5.90. The monoisotopic (exact) mass is 352 g/mol. The number of hydrogen-bond acceptors (Lipinski definition) is 5. The SMILES string of the molecule is Cc1cc(C2CCCCN2C(=O)Nc2cccc(-c3cnco3)c2)no1. The maximum atomic E-state index is 12.9. The lowest BCUT2D eigenvalue weighted by Gasteiger charge is -2.34. The molecule has 3 heterocycles. The van der Waals surface area contributed by atoms with Gasteiger partial charge in [-0.05, 0) is 38.3 Å². The van der Waals surface area contributed by atoms with Crippen molar-refractivity contribution in [3.63, 3.8) is 0 Å². The Balaban J connectivity index is 1.52. The standard InChI is InChI=1S/C19H20N4O3/c1-13-9-16(22-26-13)17-7-2-3-8-23(17)19(24)21-15-6-4-5-14(10-15)18-11-20-12-25-18/h4-6,9-12,17H,2-3,7-8H2,1H3,(H,21,24). The Bertz CT molecular complexity index is 888. The predicted molar refractivity (Wildman–Crippen MR) is 95.5 cm³/mol. The van der Waals surface area contributed by atoms with E-state index in [4.69, 9.17) is 8.94 Å². The lowest BCUT2D eigenvalue weighted by Crippen LogP contribution is -2.41. The van der Waals surface area contributed by atoms with Crippen molar-refractivity contribution in [3.8, 4) is 11.3 Å². The van der Waals surface area contributed by atoms with Gasteiger partial charge in [0.1, 0.15) is 11.5 Å².